The van der Waals surface area contributed by atoms with E-state index in [2.05, 4.69) is 4.98 Å². The fourth-order valence-corrected chi connectivity index (χ4v) is 2.75. The third-order valence-corrected chi connectivity index (χ3v) is 4.05. The van der Waals surface area contributed by atoms with E-state index < -0.39 is 5.60 Å². The Labute approximate surface area is 109 Å². The summed E-state index contributed by atoms with van der Waals surface area (Å²) >= 11 is 7.42. The summed E-state index contributed by atoms with van der Waals surface area (Å²) in [6, 6.07) is 5.50. The molecule has 2 rings (SSSR count). The van der Waals surface area contributed by atoms with Gasteiger partial charge in [-0.3, -0.25) is 0 Å². The van der Waals surface area contributed by atoms with Crippen LogP contribution in [0.5, 0.6) is 0 Å². The molecule has 0 amide bonds. The highest BCUT2D eigenvalue weighted by Gasteiger charge is 2.30. The Hall–Kier alpha value is -1.10. The Morgan fingerprint density at radius 3 is 2.76 bits per heavy atom. The van der Waals surface area contributed by atoms with Gasteiger partial charge in [0.25, 0.3) is 0 Å². The van der Waals surface area contributed by atoms with Gasteiger partial charge in [-0.2, -0.15) is 0 Å². The first-order chi connectivity index (χ1) is 7.91. The molecule has 0 aromatic carbocycles. The fraction of sp³-hybridized carbons (Fsp3) is 0.250. The molecule has 0 aliphatic rings. The quantitative estimate of drug-likeness (QED) is 0.880. The number of hydrogen-bond donors (Lipinski definition) is 2. The van der Waals surface area contributed by atoms with Crippen LogP contribution < -0.4 is 5.73 Å². The van der Waals surface area contributed by atoms with E-state index in [-0.39, 0.29) is 0 Å². The highest BCUT2D eigenvalue weighted by atomic mass is 35.5. The third-order valence-electron chi connectivity index (χ3n) is 2.63. The lowest BCUT2D eigenvalue weighted by Crippen LogP contribution is -2.23. The summed E-state index contributed by atoms with van der Waals surface area (Å²) in [6.45, 7) is 3.69. The second-order valence-electron chi connectivity index (χ2n) is 4.07. The third kappa shape index (κ3) is 2.29. The zero-order valence-corrected chi connectivity index (χ0v) is 11.1. The zero-order valence-electron chi connectivity index (χ0n) is 9.57. The molecule has 0 saturated heterocycles. The molecule has 17 heavy (non-hydrogen) atoms. The Morgan fingerprint density at radius 1 is 1.47 bits per heavy atom. The van der Waals surface area contributed by atoms with Crippen LogP contribution in [-0.4, -0.2) is 10.1 Å². The smallest absolute Gasteiger partial charge is 0.129 e. The maximum Gasteiger partial charge on any atom is 0.129 e. The maximum atomic E-state index is 10.6. The van der Waals surface area contributed by atoms with Crippen molar-refractivity contribution in [1.82, 2.24) is 4.98 Å². The van der Waals surface area contributed by atoms with E-state index in [0.717, 1.165) is 9.75 Å². The van der Waals surface area contributed by atoms with E-state index in [1.807, 2.05) is 19.1 Å². The van der Waals surface area contributed by atoms with Crippen molar-refractivity contribution in [2.24, 2.45) is 0 Å². The van der Waals surface area contributed by atoms with Crippen molar-refractivity contribution in [2.75, 3.05) is 5.73 Å². The molecule has 0 bridgehead atoms. The molecule has 3 N–H and O–H groups in total. The van der Waals surface area contributed by atoms with Crippen LogP contribution >= 0.6 is 22.9 Å². The molecular formula is C12H13ClN2OS. The largest absolute Gasteiger partial charge is 0.383 e. The van der Waals surface area contributed by atoms with Crippen LogP contribution in [0.2, 0.25) is 5.02 Å². The fourth-order valence-electron chi connectivity index (χ4n) is 1.67. The number of aliphatic hydroxyl groups is 1. The van der Waals surface area contributed by atoms with Gasteiger partial charge in [-0.1, -0.05) is 11.6 Å². The topological polar surface area (TPSA) is 59.1 Å². The Bertz CT molecular complexity index is 551. The predicted molar refractivity (Wildman–Crippen MR) is 71.4 cm³/mol. The van der Waals surface area contributed by atoms with Crippen molar-refractivity contribution in [3.05, 3.63) is 44.7 Å². The molecule has 2 aromatic heterocycles. The normalized spacial score (nSPS) is 14.6. The number of aryl methyl sites for hydroxylation is 1. The number of thiophene rings is 1. The minimum atomic E-state index is -1.17. The number of hydrogen-bond acceptors (Lipinski definition) is 4. The van der Waals surface area contributed by atoms with Crippen molar-refractivity contribution in [2.45, 2.75) is 19.4 Å². The van der Waals surface area contributed by atoms with Crippen LogP contribution in [0.4, 0.5) is 5.82 Å². The first kappa shape index (κ1) is 12.4. The summed E-state index contributed by atoms with van der Waals surface area (Å²) in [5.41, 5.74) is 5.16. The van der Waals surface area contributed by atoms with E-state index in [1.165, 1.54) is 17.5 Å². The molecule has 0 aliphatic carbocycles. The number of aromatic nitrogens is 1. The lowest BCUT2D eigenvalue weighted by Gasteiger charge is -2.23. The van der Waals surface area contributed by atoms with Gasteiger partial charge in [0.05, 0.1) is 5.02 Å². The van der Waals surface area contributed by atoms with Crippen molar-refractivity contribution < 1.29 is 5.11 Å². The molecule has 2 heterocycles. The van der Waals surface area contributed by atoms with E-state index in [1.54, 1.807) is 13.0 Å². The summed E-state index contributed by atoms with van der Waals surface area (Å²) in [4.78, 5) is 5.93. The van der Waals surface area contributed by atoms with Crippen molar-refractivity contribution in [1.29, 1.82) is 0 Å². The number of nitrogens with two attached hydrogens (primary N) is 1. The van der Waals surface area contributed by atoms with Crippen LogP contribution in [0.15, 0.2) is 24.4 Å². The van der Waals surface area contributed by atoms with E-state index in [0.29, 0.717) is 16.4 Å². The van der Waals surface area contributed by atoms with Crippen LogP contribution in [0.3, 0.4) is 0 Å². The van der Waals surface area contributed by atoms with E-state index in [9.17, 15) is 5.11 Å². The number of nitrogen functional groups attached to an aromatic ring is 1. The molecule has 1 unspecified atom stereocenters. The molecule has 0 saturated carbocycles. The molecule has 5 heteroatoms. The average Bonchev–Trinajstić information content (AvgIpc) is 2.69. The number of anilines is 1. The van der Waals surface area contributed by atoms with Gasteiger partial charge in [0.2, 0.25) is 0 Å². The second kappa shape index (κ2) is 4.29. The first-order valence-corrected chi connectivity index (χ1v) is 6.31. The molecule has 0 aliphatic heterocycles. The summed E-state index contributed by atoms with van der Waals surface area (Å²) in [5.74, 6) is 0.297. The minimum absolute atomic E-state index is 0.297. The van der Waals surface area contributed by atoms with Crippen molar-refractivity contribution >= 4 is 28.8 Å². The SMILES string of the molecule is Cc1ccc(C(C)(O)c2cc(Cl)cnc2N)s1. The van der Waals surface area contributed by atoms with Gasteiger partial charge in [0, 0.05) is 21.5 Å². The number of rotatable bonds is 2. The van der Waals surface area contributed by atoms with Gasteiger partial charge in [-0.15, -0.1) is 11.3 Å². The van der Waals surface area contributed by atoms with Crippen molar-refractivity contribution in [3.63, 3.8) is 0 Å². The summed E-state index contributed by atoms with van der Waals surface area (Å²) in [6.07, 6.45) is 1.47. The number of pyridine rings is 1. The van der Waals surface area contributed by atoms with Gasteiger partial charge in [-0.05, 0) is 32.0 Å². The summed E-state index contributed by atoms with van der Waals surface area (Å²) in [7, 11) is 0. The van der Waals surface area contributed by atoms with Gasteiger partial charge < -0.3 is 10.8 Å². The lowest BCUT2D eigenvalue weighted by atomic mass is 9.95. The molecule has 0 radical (unpaired) electrons. The highest BCUT2D eigenvalue weighted by molar-refractivity contribution is 7.12. The van der Waals surface area contributed by atoms with E-state index in [4.69, 9.17) is 17.3 Å². The second-order valence-corrected chi connectivity index (χ2v) is 5.79. The Morgan fingerprint density at radius 2 is 2.18 bits per heavy atom. The standard InChI is InChI=1S/C12H13ClN2OS/c1-7-3-4-10(17-7)12(2,16)9-5-8(13)6-15-11(9)14/h3-6,16H,1-2H3,(H2,14,15). The Kier molecular flexibility index (Phi) is 3.12. The predicted octanol–water partition coefficient (Wildman–Crippen LogP) is 2.94. The Balaban J connectivity index is 2.54. The zero-order chi connectivity index (χ0) is 12.6. The monoisotopic (exact) mass is 268 g/mol. The van der Waals surface area contributed by atoms with Crippen LogP contribution in [0.25, 0.3) is 0 Å². The number of halogens is 1. The van der Waals surface area contributed by atoms with Gasteiger partial charge in [0.1, 0.15) is 11.4 Å². The average molecular weight is 269 g/mol. The van der Waals surface area contributed by atoms with E-state index >= 15 is 0 Å². The number of nitrogens with zero attached hydrogens (tertiary/aromatic N) is 1. The molecule has 3 nitrogen and oxygen atoms in total. The maximum absolute atomic E-state index is 10.6. The van der Waals surface area contributed by atoms with Crippen LogP contribution in [0, 0.1) is 6.92 Å². The van der Waals surface area contributed by atoms with Gasteiger partial charge >= 0.3 is 0 Å². The first-order valence-electron chi connectivity index (χ1n) is 5.12. The van der Waals surface area contributed by atoms with Crippen LogP contribution in [-0.2, 0) is 5.60 Å². The molecule has 1 atom stereocenters. The van der Waals surface area contributed by atoms with Crippen LogP contribution in [0.1, 0.15) is 22.2 Å². The lowest BCUT2D eigenvalue weighted by molar-refractivity contribution is 0.107. The minimum Gasteiger partial charge on any atom is -0.383 e. The molecular weight excluding hydrogens is 256 g/mol. The summed E-state index contributed by atoms with van der Waals surface area (Å²) in [5, 5.41) is 11.1. The molecule has 0 fully saturated rings. The molecule has 2 aromatic rings. The van der Waals surface area contributed by atoms with Gasteiger partial charge in [-0.25, -0.2) is 4.98 Å². The van der Waals surface area contributed by atoms with Crippen molar-refractivity contribution in [3.8, 4) is 0 Å². The highest BCUT2D eigenvalue weighted by Crippen LogP contribution is 2.36. The summed E-state index contributed by atoms with van der Waals surface area (Å²) < 4.78 is 0. The molecule has 0 spiro atoms. The molecule has 90 valence electrons. The van der Waals surface area contributed by atoms with Gasteiger partial charge in [0.15, 0.2) is 0 Å².